The van der Waals surface area contributed by atoms with Gasteiger partial charge in [-0.25, -0.2) is 13.1 Å². The van der Waals surface area contributed by atoms with Crippen LogP contribution in [-0.2, 0) is 14.8 Å². The average molecular weight is 285 g/mol. The van der Waals surface area contributed by atoms with Gasteiger partial charge in [0, 0.05) is 6.54 Å². The van der Waals surface area contributed by atoms with Gasteiger partial charge in [0.1, 0.15) is 0 Å². The molecule has 0 aliphatic rings. The number of sulfonamides is 1. The van der Waals surface area contributed by atoms with Gasteiger partial charge in [0.15, 0.2) is 0 Å². The normalized spacial score (nSPS) is 14.1. The molecule has 2 N–H and O–H groups in total. The van der Waals surface area contributed by atoms with E-state index >= 15 is 0 Å². The number of benzene rings is 1. The Hall–Kier alpha value is -1.40. The van der Waals surface area contributed by atoms with Gasteiger partial charge in [-0.05, 0) is 26.3 Å². The number of nitrogens with one attached hydrogen (secondary N) is 1. The number of hydrogen-bond donors (Lipinski definition) is 2. The molecule has 0 fully saturated rings. The summed E-state index contributed by atoms with van der Waals surface area (Å²) >= 11 is 0. The summed E-state index contributed by atoms with van der Waals surface area (Å²) in [5.41, 5.74) is 0.576. The molecule has 0 amide bonds. The van der Waals surface area contributed by atoms with Gasteiger partial charge in [0.25, 0.3) is 0 Å². The zero-order valence-corrected chi connectivity index (χ0v) is 12.1. The lowest BCUT2D eigenvalue weighted by atomic mass is 10.00. The van der Waals surface area contributed by atoms with Crippen LogP contribution < -0.4 is 4.72 Å². The van der Waals surface area contributed by atoms with Crippen LogP contribution in [0.25, 0.3) is 0 Å². The van der Waals surface area contributed by atoms with E-state index in [2.05, 4.69) is 4.72 Å². The maximum absolute atomic E-state index is 11.9. The van der Waals surface area contributed by atoms with Crippen LogP contribution in [0.15, 0.2) is 30.3 Å². The van der Waals surface area contributed by atoms with Gasteiger partial charge < -0.3 is 5.11 Å². The molecule has 6 heteroatoms. The molecule has 0 aliphatic carbocycles. The second kappa shape index (κ2) is 5.71. The first-order valence-corrected chi connectivity index (χ1v) is 7.40. The van der Waals surface area contributed by atoms with Crippen LogP contribution in [0.2, 0.25) is 0 Å². The van der Waals surface area contributed by atoms with Gasteiger partial charge in [-0.1, -0.05) is 30.3 Å². The molecule has 0 spiro atoms. The van der Waals surface area contributed by atoms with Crippen LogP contribution in [0.5, 0.6) is 0 Å². The second-order valence-electron chi connectivity index (χ2n) is 5.27. The van der Waals surface area contributed by atoms with E-state index < -0.39 is 26.7 Å². The van der Waals surface area contributed by atoms with E-state index in [1.165, 1.54) is 0 Å². The van der Waals surface area contributed by atoms with Gasteiger partial charge in [0.05, 0.1) is 10.7 Å². The van der Waals surface area contributed by atoms with Crippen LogP contribution in [0, 0.1) is 0 Å². The smallest absolute Gasteiger partial charge is 0.312 e. The van der Waals surface area contributed by atoms with Gasteiger partial charge in [0.2, 0.25) is 10.0 Å². The predicted molar refractivity (Wildman–Crippen MR) is 73.5 cm³/mol. The van der Waals surface area contributed by atoms with E-state index in [1.54, 1.807) is 51.1 Å². The van der Waals surface area contributed by atoms with E-state index in [0.29, 0.717) is 5.56 Å². The Bertz CT molecular complexity index is 532. The van der Waals surface area contributed by atoms with Crippen molar-refractivity contribution in [1.29, 1.82) is 0 Å². The Labute approximate surface area is 113 Å². The SMILES string of the molecule is CC(C)(C)S(=O)(=O)NCC(C(=O)O)c1ccccc1. The molecule has 1 unspecified atom stereocenters. The van der Waals surface area contributed by atoms with Crippen molar-refractivity contribution in [2.45, 2.75) is 31.4 Å². The molecule has 19 heavy (non-hydrogen) atoms. The largest absolute Gasteiger partial charge is 0.481 e. The molecule has 1 atom stereocenters. The summed E-state index contributed by atoms with van der Waals surface area (Å²) in [6.45, 7) is 4.54. The van der Waals surface area contributed by atoms with Gasteiger partial charge in [-0.2, -0.15) is 0 Å². The molecule has 0 heterocycles. The Morgan fingerprint density at radius 2 is 1.79 bits per heavy atom. The van der Waals surface area contributed by atoms with Crippen molar-refractivity contribution < 1.29 is 18.3 Å². The molecule has 1 aromatic carbocycles. The molecule has 0 aromatic heterocycles. The second-order valence-corrected chi connectivity index (χ2v) is 7.79. The molecule has 5 nitrogen and oxygen atoms in total. The molecule has 0 saturated heterocycles. The number of carboxylic acid groups (broad SMARTS) is 1. The average Bonchev–Trinajstić information content (AvgIpc) is 2.28. The third kappa shape index (κ3) is 4.04. The molecule has 0 bridgehead atoms. The van der Waals surface area contributed by atoms with E-state index in [9.17, 15) is 18.3 Å². The van der Waals surface area contributed by atoms with Crippen molar-refractivity contribution in [3.05, 3.63) is 35.9 Å². The van der Waals surface area contributed by atoms with E-state index in [1.807, 2.05) is 0 Å². The Kier molecular flexibility index (Phi) is 4.70. The van der Waals surface area contributed by atoms with Crippen molar-refractivity contribution in [2.75, 3.05) is 6.54 Å². The molecule has 1 rings (SSSR count). The number of rotatable bonds is 5. The minimum atomic E-state index is -3.55. The summed E-state index contributed by atoms with van der Waals surface area (Å²) in [5.74, 6) is -1.94. The van der Waals surface area contributed by atoms with Crippen LogP contribution in [0.1, 0.15) is 32.3 Å². The molecule has 1 aromatic rings. The highest BCUT2D eigenvalue weighted by Gasteiger charge is 2.30. The van der Waals surface area contributed by atoms with Crippen molar-refractivity contribution >= 4 is 16.0 Å². The van der Waals surface area contributed by atoms with Gasteiger partial charge >= 0.3 is 5.97 Å². The predicted octanol–water partition coefficient (Wildman–Crippen LogP) is 1.57. The minimum Gasteiger partial charge on any atom is -0.481 e. The van der Waals surface area contributed by atoms with Crippen molar-refractivity contribution in [1.82, 2.24) is 4.72 Å². The van der Waals surface area contributed by atoms with Crippen LogP contribution in [0.3, 0.4) is 0 Å². The first-order chi connectivity index (χ1) is 8.65. The molecule has 106 valence electrons. The number of aliphatic carboxylic acids is 1. The maximum atomic E-state index is 11.9. The topological polar surface area (TPSA) is 83.5 Å². The standard InChI is InChI=1S/C13H19NO4S/c1-13(2,3)19(17,18)14-9-11(12(15)16)10-7-5-4-6-8-10/h4-8,11,14H,9H2,1-3H3,(H,15,16). The molecular formula is C13H19NO4S. The summed E-state index contributed by atoms with van der Waals surface area (Å²) in [7, 11) is -3.55. The minimum absolute atomic E-state index is 0.154. The summed E-state index contributed by atoms with van der Waals surface area (Å²) in [4.78, 5) is 11.2. The lowest BCUT2D eigenvalue weighted by Gasteiger charge is -2.21. The quantitative estimate of drug-likeness (QED) is 0.860. The van der Waals surface area contributed by atoms with E-state index in [0.717, 1.165) is 0 Å². The first-order valence-electron chi connectivity index (χ1n) is 5.92. The van der Waals surface area contributed by atoms with Crippen LogP contribution >= 0.6 is 0 Å². The molecule has 0 saturated carbocycles. The number of hydrogen-bond acceptors (Lipinski definition) is 3. The molecule has 0 radical (unpaired) electrons. The van der Waals surface area contributed by atoms with Crippen molar-refractivity contribution in [3.63, 3.8) is 0 Å². The fraction of sp³-hybridized carbons (Fsp3) is 0.462. The summed E-state index contributed by atoms with van der Waals surface area (Å²) in [5, 5.41) is 9.19. The summed E-state index contributed by atoms with van der Waals surface area (Å²) < 4.78 is 25.2. The molecular weight excluding hydrogens is 266 g/mol. The number of carboxylic acids is 1. The fourth-order valence-corrected chi connectivity index (χ4v) is 2.26. The lowest BCUT2D eigenvalue weighted by Crippen LogP contribution is -2.42. The first kappa shape index (κ1) is 15.7. The third-order valence-corrected chi connectivity index (χ3v) is 4.94. The van der Waals surface area contributed by atoms with Gasteiger partial charge in [-0.15, -0.1) is 0 Å². The molecule has 0 aliphatic heterocycles. The van der Waals surface area contributed by atoms with Crippen LogP contribution in [-0.4, -0.2) is 30.8 Å². The van der Waals surface area contributed by atoms with Crippen molar-refractivity contribution in [2.24, 2.45) is 0 Å². The van der Waals surface area contributed by atoms with E-state index in [4.69, 9.17) is 0 Å². The Morgan fingerprint density at radius 1 is 1.26 bits per heavy atom. The summed E-state index contributed by atoms with van der Waals surface area (Å²) in [6.07, 6.45) is 0. The zero-order chi connectivity index (χ0) is 14.7. The lowest BCUT2D eigenvalue weighted by molar-refractivity contribution is -0.138. The Balaban J connectivity index is 2.87. The maximum Gasteiger partial charge on any atom is 0.312 e. The van der Waals surface area contributed by atoms with Crippen LogP contribution in [0.4, 0.5) is 0 Å². The van der Waals surface area contributed by atoms with Gasteiger partial charge in [-0.3, -0.25) is 4.79 Å². The summed E-state index contributed by atoms with van der Waals surface area (Å²) in [6, 6.07) is 8.57. The number of carbonyl (C=O) groups is 1. The van der Waals surface area contributed by atoms with E-state index in [-0.39, 0.29) is 6.54 Å². The third-order valence-electron chi connectivity index (χ3n) is 2.78. The Morgan fingerprint density at radius 3 is 2.21 bits per heavy atom. The highest BCUT2D eigenvalue weighted by Crippen LogP contribution is 2.18. The van der Waals surface area contributed by atoms with Crippen molar-refractivity contribution in [3.8, 4) is 0 Å². The fourth-order valence-electron chi connectivity index (χ4n) is 1.44. The zero-order valence-electron chi connectivity index (χ0n) is 11.3. The monoisotopic (exact) mass is 285 g/mol. The highest BCUT2D eigenvalue weighted by molar-refractivity contribution is 7.90. The highest BCUT2D eigenvalue weighted by atomic mass is 32.2.